The molecule has 0 amide bonds. The molecule has 4 rings (SSSR count). The fourth-order valence-corrected chi connectivity index (χ4v) is 3.90. The van der Waals surface area contributed by atoms with E-state index in [-0.39, 0.29) is 22.2 Å². The van der Waals surface area contributed by atoms with E-state index in [1.165, 1.54) is 49.6 Å². The SMILES string of the molecule is COc1ccc(S(=O)(=O)Oc2cccc(C=C3N=C(c4ccc(Cl)cc4)OC3=O)c2)cc1. The van der Waals surface area contributed by atoms with Crippen molar-refractivity contribution in [3.05, 3.63) is 94.6 Å². The molecule has 0 saturated carbocycles. The van der Waals surface area contributed by atoms with Gasteiger partial charge in [0.25, 0.3) is 0 Å². The number of aliphatic imine (C=N–C) groups is 1. The number of halogens is 1. The second-order valence-corrected chi connectivity index (χ2v) is 8.61. The number of carbonyl (C=O) groups is 1. The van der Waals surface area contributed by atoms with Gasteiger partial charge in [0.1, 0.15) is 16.4 Å². The Kier molecular flexibility index (Phi) is 5.98. The fourth-order valence-electron chi connectivity index (χ4n) is 2.86. The summed E-state index contributed by atoms with van der Waals surface area (Å²) >= 11 is 5.88. The lowest BCUT2D eigenvalue weighted by Crippen LogP contribution is -2.09. The molecule has 0 fully saturated rings. The maximum Gasteiger partial charge on any atom is 0.363 e. The number of benzene rings is 3. The molecular formula is C23H16ClNO6S. The highest BCUT2D eigenvalue weighted by molar-refractivity contribution is 7.87. The molecule has 3 aromatic carbocycles. The second kappa shape index (κ2) is 8.86. The number of hydrogen-bond acceptors (Lipinski definition) is 7. The van der Waals surface area contributed by atoms with Crippen LogP contribution in [0.3, 0.4) is 0 Å². The van der Waals surface area contributed by atoms with Crippen molar-refractivity contribution >= 4 is 39.7 Å². The smallest absolute Gasteiger partial charge is 0.363 e. The van der Waals surface area contributed by atoms with Crippen molar-refractivity contribution in [1.82, 2.24) is 0 Å². The molecule has 9 heteroatoms. The molecule has 0 unspecified atom stereocenters. The molecule has 162 valence electrons. The Bertz CT molecular complexity index is 1330. The first-order valence-corrected chi connectivity index (χ1v) is 11.1. The molecule has 0 aromatic heterocycles. The summed E-state index contributed by atoms with van der Waals surface area (Å²) in [5.74, 6) is 0.155. The quantitative estimate of drug-likeness (QED) is 0.301. The monoisotopic (exact) mass is 469 g/mol. The first-order valence-electron chi connectivity index (χ1n) is 9.31. The van der Waals surface area contributed by atoms with Crippen LogP contribution in [0.2, 0.25) is 5.02 Å². The Morgan fingerprint density at radius 3 is 2.38 bits per heavy atom. The summed E-state index contributed by atoms with van der Waals surface area (Å²) in [4.78, 5) is 16.4. The number of ether oxygens (including phenoxy) is 2. The van der Waals surface area contributed by atoms with Crippen LogP contribution >= 0.6 is 11.6 Å². The highest BCUT2D eigenvalue weighted by atomic mass is 35.5. The predicted molar refractivity (Wildman–Crippen MR) is 119 cm³/mol. The van der Waals surface area contributed by atoms with Gasteiger partial charge in [0, 0.05) is 10.6 Å². The number of methoxy groups -OCH3 is 1. The van der Waals surface area contributed by atoms with E-state index >= 15 is 0 Å². The lowest BCUT2D eigenvalue weighted by Gasteiger charge is -2.08. The number of nitrogens with zero attached hydrogens (tertiary/aromatic N) is 1. The summed E-state index contributed by atoms with van der Waals surface area (Å²) in [6.07, 6.45) is 1.48. The van der Waals surface area contributed by atoms with E-state index < -0.39 is 16.1 Å². The van der Waals surface area contributed by atoms with Gasteiger partial charge in [-0.25, -0.2) is 9.79 Å². The molecule has 0 aliphatic carbocycles. The van der Waals surface area contributed by atoms with Crippen molar-refractivity contribution in [2.45, 2.75) is 4.90 Å². The predicted octanol–water partition coefficient (Wildman–Crippen LogP) is 4.46. The van der Waals surface area contributed by atoms with Gasteiger partial charge in [0.05, 0.1) is 7.11 Å². The minimum atomic E-state index is -4.05. The zero-order chi connectivity index (χ0) is 22.7. The minimum absolute atomic E-state index is 0.0152. The van der Waals surface area contributed by atoms with E-state index in [9.17, 15) is 13.2 Å². The van der Waals surface area contributed by atoms with Crippen molar-refractivity contribution in [1.29, 1.82) is 0 Å². The topological polar surface area (TPSA) is 91.3 Å². The summed E-state index contributed by atoms with van der Waals surface area (Å²) < 4.78 is 40.6. The summed E-state index contributed by atoms with van der Waals surface area (Å²) in [5.41, 5.74) is 1.19. The van der Waals surface area contributed by atoms with Crippen LogP contribution in [0.4, 0.5) is 0 Å². The standard InChI is InChI=1S/C23H16ClNO6S/c1-29-18-9-11-20(12-10-18)32(27,28)31-19-4-2-3-15(13-19)14-21-23(26)30-22(25-21)16-5-7-17(24)8-6-16/h2-14H,1H3. The average molecular weight is 470 g/mol. The summed E-state index contributed by atoms with van der Waals surface area (Å²) in [6, 6.07) is 18.8. The third-order valence-corrected chi connectivity index (χ3v) is 5.94. The first-order chi connectivity index (χ1) is 15.3. The highest BCUT2D eigenvalue weighted by Crippen LogP contribution is 2.24. The molecule has 1 heterocycles. The van der Waals surface area contributed by atoms with Crippen molar-refractivity contribution in [2.75, 3.05) is 7.11 Å². The van der Waals surface area contributed by atoms with Crippen molar-refractivity contribution in [2.24, 2.45) is 4.99 Å². The van der Waals surface area contributed by atoms with Crippen LogP contribution in [0.5, 0.6) is 11.5 Å². The minimum Gasteiger partial charge on any atom is -0.497 e. The molecule has 7 nitrogen and oxygen atoms in total. The molecule has 0 N–H and O–H groups in total. The van der Waals surface area contributed by atoms with Gasteiger partial charge < -0.3 is 13.7 Å². The first kappa shape index (κ1) is 21.6. The third kappa shape index (κ3) is 4.82. The van der Waals surface area contributed by atoms with Crippen molar-refractivity contribution in [3.8, 4) is 11.5 Å². The molecule has 0 radical (unpaired) electrons. The Balaban J connectivity index is 1.56. The van der Waals surface area contributed by atoms with Gasteiger partial charge in [0.2, 0.25) is 5.90 Å². The number of rotatable bonds is 6. The molecule has 1 aliphatic heterocycles. The van der Waals surface area contributed by atoms with Crippen LogP contribution in [0.25, 0.3) is 6.08 Å². The van der Waals surface area contributed by atoms with E-state index in [1.807, 2.05) is 0 Å². The molecule has 1 aliphatic rings. The van der Waals surface area contributed by atoms with Crippen LogP contribution in [-0.4, -0.2) is 27.4 Å². The van der Waals surface area contributed by atoms with Gasteiger partial charge in [-0.05, 0) is 72.3 Å². The average Bonchev–Trinajstić information content (AvgIpc) is 3.14. The number of esters is 1. The van der Waals surface area contributed by atoms with Gasteiger partial charge in [-0.3, -0.25) is 0 Å². The van der Waals surface area contributed by atoms with Crippen LogP contribution in [0.1, 0.15) is 11.1 Å². The van der Waals surface area contributed by atoms with Gasteiger partial charge in [0.15, 0.2) is 5.70 Å². The zero-order valence-electron chi connectivity index (χ0n) is 16.7. The number of carbonyl (C=O) groups excluding carboxylic acids is 1. The zero-order valence-corrected chi connectivity index (χ0v) is 18.3. The fraction of sp³-hybridized carbons (Fsp3) is 0.0435. The third-order valence-electron chi connectivity index (χ3n) is 4.43. The molecule has 32 heavy (non-hydrogen) atoms. The molecule has 3 aromatic rings. The van der Waals surface area contributed by atoms with Crippen molar-refractivity contribution < 1.29 is 26.9 Å². The normalized spacial score (nSPS) is 14.8. The maximum absolute atomic E-state index is 12.5. The summed E-state index contributed by atoms with van der Waals surface area (Å²) in [5, 5.41) is 0.552. The van der Waals surface area contributed by atoms with E-state index in [0.717, 1.165) is 0 Å². The molecule has 0 saturated heterocycles. The lowest BCUT2D eigenvalue weighted by molar-refractivity contribution is -0.129. The lowest BCUT2D eigenvalue weighted by atomic mass is 10.2. The van der Waals surface area contributed by atoms with Crippen molar-refractivity contribution in [3.63, 3.8) is 0 Å². The van der Waals surface area contributed by atoms with Crippen LogP contribution < -0.4 is 8.92 Å². The van der Waals surface area contributed by atoms with Crippen LogP contribution in [0.15, 0.2) is 88.4 Å². The van der Waals surface area contributed by atoms with Gasteiger partial charge in [-0.1, -0.05) is 23.7 Å². The molecule has 0 atom stereocenters. The Hall–Kier alpha value is -3.62. The summed E-state index contributed by atoms with van der Waals surface area (Å²) in [7, 11) is -2.56. The molecule has 0 spiro atoms. The van der Waals surface area contributed by atoms with Gasteiger partial charge in [-0.2, -0.15) is 8.42 Å². The maximum atomic E-state index is 12.5. The van der Waals surface area contributed by atoms with E-state index in [0.29, 0.717) is 21.9 Å². The second-order valence-electron chi connectivity index (χ2n) is 6.63. The van der Waals surface area contributed by atoms with Crippen LogP contribution in [-0.2, 0) is 19.6 Å². The van der Waals surface area contributed by atoms with Gasteiger partial charge >= 0.3 is 16.1 Å². The van der Waals surface area contributed by atoms with Crippen LogP contribution in [0, 0.1) is 0 Å². The van der Waals surface area contributed by atoms with E-state index in [1.54, 1.807) is 36.4 Å². The number of cyclic esters (lactones) is 1. The summed E-state index contributed by atoms with van der Waals surface area (Å²) in [6.45, 7) is 0. The number of hydrogen-bond donors (Lipinski definition) is 0. The Morgan fingerprint density at radius 2 is 1.69 bits per heavy atom. The Labute approximate surface area is 189 Å². The van der Waals surface area contributed by atoms with Gasteiger partial charge in [-0.15, -0.1) is 0 Å². The van der Waals surface area contributed by atoms with E-state index in [2.05, 4.69) is 4.99 Å². The largest absolute Gasteiger partial charge is 0.497 e. The Morgan fingerprint density at radius 1 is 0.969 bits per heavy atom. The van der Waals surface area contributed by atoms with E-state index in [4.69, 9.17) is 25.3 Å². The molecule has 0 bridgehead atoms. The highest BCUT2D eigenvalue weighted by Gasteiger charge is 2.24. The molecular weight excluding hydrogens is 454 g/mol.